The van der Waals surface area contributed by atoms with Gasteiger partial charge in [-0.2, -0.15) is 0 Å². The van der Waals surface area contributed by atoms with Gasteiger partial charge in [0.1, 0.15) is 11.6 Å². The van der Waals surface area contributed by atoms with Gasteiger partial charge in [0.15, 0.2) is 0 Å². The molecular formula is C13H20N4O. The van der Waals surface area contributed by atoms with Crippen LogP contribution in [0.2, 0.25) is 0 Å². The summed E-state index contributed by atoms with van der Waals surface area (Å²) in [6, 6.07) is 0. The Bertz CT molecular complexity index is 425. The summed E-state index contributed by atoms with van der Waals surface area (Å²) in [6.45, 7) is 0. The highest BCUT2D eigenvalue weighted by atomic mass is 16.1. The fourth-order valence-corrected chi connectivity index (χ4v) is 2.51. The summed E-state index contributed by atoms with van der Waals surface area (Å²) in [5.74, 6) is 0.764. The van der Waals surface area contributed by atoms with Crippen LogP contribution in [0.1, 0.15) is 67.0 Å². The number of nitrogens with zero attached hydrogens (tertiary/aromatic N) is 2. The Morgan fingerprint density at radius 3 is 2.33 bits per heavy atom. The van der Waals surface area contributed by atoms with Crippen molar-refractivity contribution in [3.05, 3.63) is 17.6 Å². The smallest absolute Gasteiger partial charge is 0.254 e. The van der Waals surface area contributed by atoms with Crippen molar-refractivity contribution in [1.29, 1.82) is 0 Å². The summed E-state index contributed by atoms with van der Waals surface area (Å²) >= 11 is 0. The van der Waals surface area contributed by atoms with Gasteiger partial charge >= 0.3 is 0 Å². The van der Waals surface area contributed by atoms with Gasteiger partial charge in [-0.25, -0.2) is 9.97 Å². The average molecular weight is 248 g/mol. The zero-order valence-electron chi connectivity index (χ0n) is 10.6. The van der Waals surface area contributed by atoms with E-state index in [-0.39, 0.29) is 11.4 Å². The fourth-order valence-electron chi connectivity index (χ4n) is 2.51. The van der Waals surface area contributed by atoms with Gasteiger partial charge in [-0.1, -0.05) is 32.1 Å². The lowest BCUT2D eigenvalue weighted by Crippen LogP contribution is -2.17. The molecule has 18 heavy (non-hydrogen) atoms. The number of rotatable bonds is 2. The Labute approximate surface area is 107 Å². The maximum atomic E-state index is 11.1. The Hall–Kier alpha value is -1.65. The summed E-state index contributed by atoms with van der Waals surface area (Å²) in [4.78, 5) is 19.6. The van der Waals surface area contributed by atoms with Crippen molar-refractivity contribution in [2.45, 2.75) is 50.9 Å². The van der Waals surface area contributed by atoms with Crippen molar-refractivity contribution < 1.29 is 4.79 Å². The van der Waals surface area contributed by atoms with Crippen molar-refractivity contribution in [1.82, 2.24) is 9.97 Å². The molecule has 1 aliphatic rings. The summed E-state index contributed by atoms with van der Waals surface area (Å²) < 4.78 is 0. The topological polar surface area (TPSA) is 94.9 Å². The van der Waals surface area contributed by atoms with Gasteiger partial charge in [-0.05, 0) is 12.8 Å². The van der Waals surface area contributed by atoms with Crippen molar-refractivity contribution in [2.24, 2.45) is 5.73 Å². The van der Waals surface area contributed by atoms with Crippen LogP contribution in [0.15, 0.2) is 6.20 Å². The number of nitrogens with two attached hydrogens (primary N) is 2. The molecule has 4 N–H and O–H groups in total. The fraction of sp³-hybridized carbons (Fsp3) is 0.615. The predicted molar refractivity (Wildman–Crippen MR) is 70.0 cm³/mol. The predicted octanol–water partition coefficient (Wildman–Crippen LogP) is 1.99. The third kappa shape index (κ3) is 2.97. The second-order valence-corrected chi connectivity index (χ2v) is 4.93. The third-order valence-electron chi connectivity index (χ3n) is 3.57. The van der Waals surface area contributed by atoms with E-state index >= 15 is 0 Å². The number of carbonyl (C=O) groups excluding carboxylic acids is 1. The molecular weight excluding hydrogens is 228 g/mol. The van der Waals surface area contributed by atoms with E-state index in [1.807, 2.05) is 0 Å². The summed E-state index contributed by atoms with van der Waals surface area (Å²) in [7, 11) is 0. The molecule has 1 saturated carbocycles. The molecule has 0 saturated heterocycles. The zero-order chi connectivity index (χ0) is 13.0. The van der Waals surface area contributed by atoms with Gasteiger partial charge in [-0.15, -0.1) is 0 Å². The minimum atomic E-state index is -0.572. The second kappa shape index (κ2) is 5.80. The van der Waals surface area contributed by atoms with Crippen molar-refractivity contribution in [3.63, 3.8) is 0 Å². The summed E-state index contributed by atoms with van der Waals surface area (Å²) in [6.07, 6.45) is 9.99. The van der Waals surface area contributed by atoms with Crippen LogP contribution in [0, 0.1) is 0 Å². The van der Waals surface area contributed by atoms with Gasteiger partial charge in [0, 0.05) is 12.1 Å². The lowest BCUT2D eigenvalue weighted by atomic mass is 9.90. The normalized spacial score (nSPS) is 18.0. The van der Waals surface area contributed by atoms with Crippen LogP contribution in [-0.2, 0) is 0 Å². The first-order valence-corrected chi connectivity index (χ1v) is 6.60. The highest BCUT2D eigenvalue weighted by Gasteiger charge is 2.18. The lowest BCUT2D eigenvalue weighted by molar-refractivity contribution is 0.100. The molecule has 0 spiro atoms. The lowest BCUT2D eigenvalue weighted by Gasteiger charge is -2.18. The zero-order valence-corrected chi connectivity index (χ0v) is 10.6. The van der Waals surface area contributed by atoms with Crippen LogP contribution < -0.4 is 11.5 Å². The third-order valence-corrected chi connectivity index (χ3v) is 3.57. The molecule has 0 atom stereocenters. The quantitative estimate of drug-likeness (QED) is 0.836. The van der Waals surface area contributed by atoms with E-state index in [2.05, 4.69) is 9.97 Å². The molecule has 1 fully saturated rings. The standard InChI is InChI=1S/C13H20N4O/c14-11-10(12(15)18)8-16-13(17-11)9-6-4-2-1-3-5-7-9/h8-9H,1-7H2,(H2,15,18)(H2,14,16,17). The number of aromatic nitrogens is 2. The molecule has 0 radical (unpaired) electrons. The number of hydrogen-bond acceptors (Lipinski definition) is 4. The van der Waals surface area contributed by atoms with Gasteiger partial charge in [0.2, 0.25) is 0 Å². The number of carbonyl (C=O) groups is 1. The van der Waals surface area contributed by atoms with Gasteiger partial charge < -0.3 is 11.5 Å². The SMILES string of the molecule is NC(=O)c1cnc(C2CCCCCCC2)nc1N. The van der Waals surface area contributed by atoms with E-state index in [1.165, 1.54) is 38.3 Å². The van der Waals surface area contributed by atoms with E-state index in [9.17, 15) is 4.79 Å². The maximum Gasteiger partial charge on any atom is 0.254 e. The second-order valence-electron chi connectivity index (χ2n) is 4.93. The number of amides is 1. The van der Waals surface area contributed by atoms with Crippen LogP contribution in [0.5, 0.6) is 0 Å². The average Bonchev–Trinajstić information content (AvgIpc) is 2.27. The molecule has 5 heteroatoms. The molecule has 0 bridgehead atoms. The minimum absolute atomic E-state index is 0.203. The first kappa shape index (κ1) is 12.8. The molecule has 1 aliphatic carbocycles. The van der Waals surface area contributed by atoms with Crippen LogP contribution in [0.3, 0.4) is 0 Å². The first-order valence-electron chi connectivity index (χ1n) is 6.60. The molecule has 1 heterocycles. The van der Waals surface area contributed by atoms with Gasteiger partial charge in [-0.3, -0.25) is 4.79 Å². The van der Waals surface area contributed by atoms with Crippen molar-refractivity contribution >= 4 is 11.7 Å². The summed E-state index contributed by atoms with van der Waals surface area (Å²) in [5.41, 5.74) is 11.1. The van der Waals surface area contributed by atoms with E-state index in [1.54, 1.807) is 0 Å². The number of nitrogen functional groups attached to an aromatic ring is 1. The molecule has 0 aliphatic heterocycles. The monoisotopic (exact) mass is 248 g/mol. The Morgan fingerprint density at radius 2 is 1.78 bits per heavy atom. The number of hydrogen-bond donors (Lipinski definition) is 2. The van der Waals surface area contributed by atoms with Crippen molar-refractivity contribution in [3.8, 4) is 0 Å². The Morgan fingerprint density at radius 1 is 1.17 bits per heavy atom. The number of primary amides is 1. The minimum Gasteiger partial charge on any atom is -0.383 e. The van der Waals surface area contributed by atoms with E-state index in [4.69, 9.17) is 11.5 Å². The van der Waals surface area contributed by atoms with Crippen molar-refractivity contribution in [2.75, 3.05) is 5.73 Å². The molecule has 0 unspecified atom stereocenters. The van der Waals surface area contributed by atoms with Crippen LogP contribution in [0.4, 0.5) is 5.82 Å². The van der Waals surface area contributed by atoms with E-state index < -0.39 is 5.91 Å². The van der Waals surface area contributed by atoms with Crippen LogP contribution in [-0.4, -0.2) is 15.9 Å². The Kier molecular flexibility index (Phi) is 4.12. The molecule has 1 aromatic rings. The van der Waals surface area contributed by atoms with E-state index in [0.29, 0.717) is 5.92 Å². The first-order chi connectivity index (χ1) is 8.68. The molecule has 98 valence electrons. The summed E-state index contributed by atoms with van der Waals surface area (Å²) in [5, 5.41) is 0. The maximum absolute atomic E-state index is 11.1. The Balaban J connectivity index is 2.16. The highest BCUT2D eigenvalue weighted by molar-refractivity contribution is 5.96. The van der Waals surface area contributed by atoms with Crippen LogP contribution >= 0.6 is 0 Å². The van der Waals surface area contributed by atoms with Gasteiger partial charge in [0.25, 0.3) is 5.91 Å². The molecule has 5 nitrogen and oxygen atoms in total. The molecule has 1 aromatic heterocycles. The highest BCUT2D eigenvalue weighted by Crippen LogP contribution is 2.29. The molecule has 0 aromatic carbocycles. The largest absolute Gasteiger partial charge is 0.383 e. The number of anilines is 1. The van der Waals surface area contributed by atoms with Gasteiger partial charge in [0.05, 0.1) is 5.56 Å². The van der Waals surface area contributed by atoms with E-state index in [0.717, 1.165) is 18.7 Å². The molecule has 1 amide bonds. The molecule has 2 rings (SSSR count). The van der Waals surface area contributed by atoms with Crippen LogP contribution in [0.25, 0.3) is 0 Å².